The van der Waals surface area contributed by atoms with Crippen molar-refractivity contribution >= 4 is 23.4 Å². The van der Waals surface area contributed by atoms with Gasteiger partial charge in [-0.1, -0.05) is 23.7 Å². The van der Waals surface area contributed by atoms with E-state index in [1.165, 1.54) is 4.90 Å². The molecule has 0 unspecified atom stereocenters. The van der Waals surface area contributed by atoms with Crippen LogP contribution in [0.15, 0.2) is 24.3 Å². The average molecular weight is 269 g/mol. The smallest absolute Gasteiger partial charge is 0.255 e. The van der Waals surface area contributed by atoms with Crippen LogP contribution in [0.5, 0.6) is 0 Å². The molecule has 0 radical (unpaired) electrons. The van der Waals surface area contributed by atoms with Crippen LogP contribution < -0.4 is 5.32 Å². The third kappa shape index (κ3) is 3.74. The largest absolute Gasteiger partial charge is 0.355 e. The number of hydrogen-bond donors (Lipinski definition) is 1. The fourth-order valence-corrected chi connectivity index (χ4v) is 1.78. The van der Waals surface area contributed by atoms with Crippen molar-refractivity contribution in [3.8, 4) is 0 Å². The topological polar surface area (TPSA) is 49.4 Å². The maximum absolute atomic E-state index is 12.2. The number of nitrogens with one attached hydrogen (secondary N) is 1. The molecule has 2 amide bonds. The zero-order valence-electron chi connectivity index (χ0n) is 10.6. The Hall–Kier alpha value is -1.55. The van der Waals surface area contributed by atoms with Crippen LogP contribution in [0.25, 0.3) is 0 Å². The molecule has 1 rings (SSSR count). The molecule has 0 saturated heterocycles. The van der Waals surface area contributed by atoms with Gasteiger partial charge in [0.05, 0.1) is 17.1 Å². The molecule has 1 N–H and O–H groups in total. The summed E-state index contributed by atoms with van der Waals surface area (Å²) in [5.41, 5.74) is 0.422. The highest BCUT2D eigenvalue weighted by atomic mass is 35.5. The summed E-state index contributed by atoms with van der Waals surface area (Å²) in [7, 11) is 0. The summed E-state index contributed by atoms with van der Waals surface area (Å²) >= 11 is 5.97. The molecule has 0 aromatic heterocycles. The van der Waals surface area contributed by atoms with Gasteiger partial charge in [0, 0.05) is 13.1 Å². The number of benzene rings is 1. The van der Waals surface area contributed by atoms with Gasteiger partial charge in [0.25, 0.3) is 5.91 Å². The van der Waals surface area contributed by atoms with E-state index >= 15 is 0 Å². The minimum Gasteiger partial charge on any atom is -0.355 e. The second-order valence-electron chi connectivity index (χ2n) is 3.75. The SMILES string of the molecule is CCNC(=O)CN(CC)C(=O)c1ccccc1Cl. The lowest BCUT2D eigenvalue weighted by Gasteiger charge is -2.20. The van der Waals surface area contributed by atoms with Gasteiger partial charge in [-0.25, -0.2) is 0 Å². The summed E-state index contributed by atoms with van der Waals surface area (Å²) in [6.45, 7) is 4.73. The molecule has 1 aromatic carbocycles. The summed E-state index contributed by atoms with van der Waals surface area (Å²) < 4.78 is 0. The van der Waals surface area contributed by atoms with E-state index in [2.05, 4.69) is 5.32 Å². The summed E-state index contributed by atoms with van der Waals surface area (Å²) in [6.07, 6.45) is 0. The minimum absolute atomic E-state index is 0.0500. The predicted octanol–water partition coefficient (Wildman–Crippen LogP) is 1.94. The predicted molar refractivity (Wildman–Crippen MR) is 71.7 cm³/mol. The molecule has 1 aromatic rings. The Morgan fingerprint density at radius 2 is 1.94 bits per heavy atom. The van der Waals surface area contributed by atoms with Crippen LogP contribution in [0.4, 0.5) is 0 Å². The van der Waals surface area contributed by atoms with Crippen molar-refractivity contribution in [2.24, 2.45) is 0 Å². The number of amides is 2. The van der Waals surface area contributed by atoms with E-state index in [0.29, 0.717) is 23.7 Å². The zero-order chi connectivity index (χ0) is 13.5. The molecule has 0 atom stereocenters. The molecule has 0 aliphatic heterocycles. The molecule has 0 aliphatic rings. The molecular weight excluding hydrogens is 252 g/mol. The van der Waals surface area contributed by atoms with Crippen LogP contribution in [-0.4, -0.2) is 36.3 Å². The van der Waals surface area contributed by atoms with Crippen LogP contribution in [0.2, 0.25) is 5.02 Å². The zero-order valence-corrected chi connectivity index (χ0v) is 11.3. The van der Waals surface area contributed by atoms with E-state index in [1.54, 1.807) is 24.3 Å². The molecule has 0 saturated carbocycles. The first-order valence-corrected chi connectivity index (χ1v) is 6.28. The lowest BCUT2D eigenvalue weighted by molar-refractivity contribution is -0.121. The summed E-state index contributed by atoms with van der Waals surface area (Å²) in [6, 6.07) is 6.83. The third-order valence-electron chi connectivity index (χ3n) is 2.48. The van der Waals surface area contributed by atoms with Crippen LogP contribution in [0, 0.1) is 0 Å². The van der Waals surface area contributed by atoms with Crippen molar-refractivity contribution in [2.45, 2.75) is 13.8 Å². The number of halogens is 1. The van der Waals surface area contributed by atoms with Gasteiger partial charge in [-0.15, -0.1) is 0 Å². The van der Waals surface area contributed by atoms with Crippen LogP contribution >= 0.6 is 11.6 Å². The number of carbonyl (C=O) groups excluding carboxylic acids is 2. The number of likely N-dealkylation sites (N-methyl/N-ethyl adjacent to an activating group) is 2. The van der Waals surface area contributed by atoms with Crippen LogP contribution in [-0.2, 0) is 4.79 Å². The Kier molecular flexibility index (Phi) is 5.65. The Morgan fingerprint density at radius 1 is 1.28 bits per heavy atom. The van der Waals surface area contributed by atoms with Gasteiger partial charge in [-0.2, -0.15) is 0 Å². The standard InChI is InChI=1S/C13H17ClN2O2/c1-3-15-12(17)9-16(4-2)13(18)10-7-5-6-8-11(10)14/h5-8H,3-4,9H2,1-2H3,(H,15,17). The molecular formula is C13H17ClN2O2. The Bertz CT molecular complexity index is 435. The van der Waals surface area contributed by atoms with Crippen molar-refractivity contribution in [3.63, 3.8) is 0 Å². The molecule has 5 heteroatoms. The second kappa shape index (κ2) is 7.01. The molecule has 0 spiro atoms. The quantitative estimate of drug-likeness (QED) is 0.887. The highest BCUT2D eigenvalue weighted by Crippen LogP contribution is 2.16. The number of hydrogen-bond acceptors (Lipinski definition) is 2. The molecule has 98 valence electrons. The van der Waals surface area contributed by atoms with Crippen molar-refractivity contribution in [1.29, 1.82) is 0 Å². The lowest BCUT2D eigenvalue weighted by atomic mass is 10.2. The number of rotatable bonds is 5. The summed E-state index contributed by atoms with van der Waals surface area (Å²) in [5.74, 6) is -0.394. The van der Waals surface area contributed by atoms with Crippen molar-refractivity contribution < 1.29 is 9.59 Å². The van der Waals surface area contributed by atoms with Crippen LogP contribution in [0.3, 0.4) is 0 Å². The first-order chi connectivity index (χ1) is 8.60. The van der Waals surface area contributed by atoms with E-state index in [-0.39, 0.29) is 18.4 Å². The summed E-state index contributed by atoms with van der Waals surface area (Å²) in [5, 5.41) is 3.07. The third-order valence-corrected chi connectivity index (χ3v) is 2.81. The number of carbonyl (C=O) groups is 2. The lowest BCUT2D eigenvalue weighted by Crippen LogP contribution is -2.40. The van der Waals surface area contributed by atoms with Gasteiger partial charge in [-0.05, 0) is 26.0 Å². The molecule has 0 heterocycles. The minimum atomic E-state index is -0.227. The molecule has 18 heavy (non-hydrogen) atoms. The Labute approximate surface area is 112 Å². The second-order valence-corrected chi connectivity index (χ2v) is 4.16. The molecule has 0 fully saturated rings. The van der Waals surface area contributed by atoms with E-state index < -0.39 is 0 Å². The van der Waals surface area contributed by atoms with Gasteiger partial charge in [0.2, 0.25) is 5.91 Å². The fourth-order valence-electron chi connectivity index (χ4n) is 1.56. The van der Waals surface area contributed by atoms with Crippen molar-refractivity contribution in [3.05, 3.63) is 34.9 Å². The van der Waals surface area contributed by atoms with Crippen LogP contribution in [0.1, 0.15) is 24.2 Å². The highest BCUT2D eigenvalue weighted by molar-refractivity contribution is 6.33. The van der Waals surface area contributed by atoms with E-state index in [9.17, 15) is 9.59 Å². The average Bonchev–Trinajstić information content (AvgIpc) is 2.36. The van der Waals surface area contributed by atoms with E-state index in [4.69, 9.17) is 11.6 Å². The van der Waals surface area contributed by atoms with Gasteiger partial charge < -0.3 is 10.2 Å². The fraction of sp³-hybridized carbons (Fsp3) is 0.385. The summed E-state index contributed by atoms with van der Waals surface area (Å²) in [4.78, 5) is 25.2. The van der Waals surface area contributed by atoms with Gasteiger partial charge in [-0.3, -0.25) is 9.59 Å². The molecule has 0 bridgehead atoms. The number of nitrogens with zero attached hydrogens (tertiary/aromatic N) is 1. The normalized spacial score (nSPS) is 9.94. The first-order valence-electron chi connectivity index (χ1n) is 5.90. The first kappa shape index (κ1) is 14.5. The molecule has 4 nitrogen and oxygen atoms in total. The van der Waals surface area contributed by atoms with E-state index in [0.717, 1.165) is 0 Å². The Morgan fingerprint density at radius 3 is 2.50 bits per heavy atom. The van der Waals surface area contributed by atoms with Gasteiger partial charge >= 0.3 is 0 Å². The maximum atomic E-state index is 12.2. The van der Waals surface area contributed by atoms with Crippen molar-refractivity contribution in [2.75, 3.05) is 19.6 Å². The van der Waals surface area contributed by atoms with Gasteiger partial charge in [0.1, 0.15) is 0 Å². The maximum Gasteiger partial charge on any atom is 0.255 e. The van der Waals surface area contributed by atoms with Crippen molar-refractivity contribution in [1.82, 2.24) is 10.2 Å². The highest BCUT2D eigenvalue weighted by Gasteiger charge is 2.18. The molecule has 0 aliphatic carbocycles. The van der Waals surface area contributed by atoms with E-state index in [1.807, 2.05) is 13.8 Å². The van der Waals surface area contributed by atoms with Gasteiger partial charge in [0.15, 0.2) is 0 Å². The monoisotopic (exact) mass is 268 g/mol. The Balaban J connectivity index is 2.80.